The zero-order chi connectivity index (χ0) is 16.8. The molecule has 2 unspecified atom stereocenters. The number of hydrogen-bond donors (Lipinski definition) is 2. The van der Waals surface area contributed by atoms with Crippen molar-refractivity contribution in [1.82, 2.24) is 0 Å². The molecule has 0 fully saturated rings. The number of hydrogen-bond acceptors (Lipinski definition) is 6. The van der Waals surface area contributed by atoms with Crippen molar-refractivity contribution in [1.29, 1.82) is 0 Å². The smallest absolute Gasteiger partial charge is 0.338 e. The van der Waals surface area contributed by atoms with Gasteiger partial charge in [0.05, 0.1) is 13.2 Å². The molecule has 0 aromatic heterocycles. The van der Waals surface area contributed by atoms with E-state index in [0.29, 0.717) is 12.8 Å². The van der Waals surface area contributed by atoms with Crippen molar-refractivity contribution in [2.45, 2.75) is 51.7 Å². The van der Waals surface area contributed by atoms with Crippen molar-refractivity contribution in [2.75, 3.05) is 13.2 Å². The highest BCUT2D eigenvalue weighted by atomic mass is 16.6. The lowest BCUT2D eigenvalue weighted by Crippen LogP contribution is -2.41. The third-order valence-corrected chi connectivity index (χ3v) is 2.64. The van der Waals surface area contributed by atoms with Crippen molar-refractivity contribution >= 4 is 11.9 Å². The Labute approximate surface area is 131 Å². The Morgan fingerprint density at radius 2 is 1.18 bits per heavy atom. The highest BCUT2D eigenvalue weighted by Gasteiger charge is 2.32. The summed E-state index contributed by atoms with van der Waals surface area (Å²) in [4.78, 5) is 22.9. The SMILES string of the molecule is CCC=CCCOC(=O)C(O)C(O)C(=O)OCCC=CCC. The molecular weight excluding hydrogens is 288 g/mol. The summed E-state index contributed by atoms with van der Waals surface area (Å²) in [5.74, 6) is -2.08. The molecule has 0 aliphatic heterocycles. The van der Waals surface area contributed by atoms with E-state index in [1.165, 1.54) is 0 Å². The Kier molecular flexibility index (Phi) is 12.1. The summed E-state index contributed by atoms with van der Waals surface area (Å²) in [6, 6.07) is 0. The van der Waals surface area contributed by atoms with Gasteiger partial charge in [-0.05, 0) is 25.7 Å². The molecule has 0 aromatic rings. The molecule has 0 aromatic carbocycles. The number of carbonyl (C=O) groups is 2. The van der Waals surface area contributed by atoms with Crippen LogP contribution in [0.2, 0.25) is 0 Å². The van der Waals surface area contributed by atoms with Crippen LogP contribution >= 0.6 is 0 Å². The zero-order valence-electron chi connectivity index (χ0n) is 13.2. The molecule has 0 rings (SSSR count). The van der Waals surface area contributed by atoms with Crippen molar-refractivity contribution in [3.8, 4) is 0 Å². The highest BCUT2D eigenvalue weighted by Crippen LogP contribution is 2.02. The molecule has 0 amide bonds. The standard InChI is InChI=1S/C16H26O6/c1-3-5-7-9-11-21-15(19)13(17)14(18)16(20)22-12-10-8-6-4-2/h5-8,13-14,17-18H,3-4,9-12H2,1-2H3. The third-order valence-electron chi connectivity index (χ3n) is 2.64. The van der Waals surface area contributed by atoms with Crippen molar-refractivity contribution in [3.05, 3.63) is 24.3 Å². The van der Waals surface area contributed by atoms with Gasteiger partial charge >= 0.3 is 11.9 Å². The molecule has 0 heterocycles. The minimum atomic E-state index is -1.94. The van der Waals surface area contributed by atoms with Gasteiger partial charge in [0.15, 0.2) is 12.2 Å². The molecule has 0 saturated carbocycles. The summed E-state index contributed by atoms with van der Waals surface area (Å²) in [6.07, 6.45) is 6.44. The number of aliphatic hydroxyl groups excluding tert-OH is 2. The lowest BCUT2D eigenvalue weighted by molar-refractivity contribution is -0.172. The van der Waals surface area contributed by atoms with Crippen LogP contribution in [-0.4, -0.2) is 47.6 Å². The maximum absolute atomic E-state index is 11.5. The van der Waals surface area contributed by atoms with Gasteiger partial charge in [0.1, 0.15) is 0 Å². The lowest BCUT2D eigenvalue weighted by Gasteiger charge is -2.15. The second kappa shape index (κ2) is 13.0. The maximum atomic E-state index is 11.5. The van der Waals surface area contributed by atoms with Crippen LogP contribution in [0.25, 0.3) is 0 Å². The largest absolute Gasteiger partial charge is 0.463 e. The summed E-state index contributed by atoms with van der Waals surface area (Å²) in [7, 11) is 0. The van der Waals surface area contributed by atoms with Crippen LogP contribution in [0.1, 0.15) is 39.5 Å². The first-order valence-corrected chi connectivity index (χ1v) is 7.53. The summed E-state index contributed by atoms with van der Waals surface area (Å²) in [6.45, 7) is 4.12. The number of aliphatic hydroxyl groups is 2. The fourth-order valence-corrected chi connectivity index (χ4v) is 1.45. The molecule has 0 saturated heterocycles. The van der Waals surface area contributed by atoms with Gasteiger partial charge in [-0.15, -0.1) is 0 Å². The number of carbonyl (C=O) groups excluding carboxylic acids is 2. The quantitative estimate of drug-likeness (QED) is 0.341. The molecule has 0 aliphatic carbocycles. The molecule has 6 nitrogen and oxygen atoms in total. The predicted octanol–water partition coefficient (Wildman–Crippen LogP) is 1.51. The van der Waals surface area contributed by atoms with Gasteiger partial charge in [-0.3, -0.25) is 0 Å². The van der Waals surface area contributed by atoms with Crippen LogP contribution in [0.4, 0.5) is 0 Å². The van der Waals surface area contributed by atoms with Crippen LogP contribution in [-0.2, 0) is 19.1 Å². The first kappa shape index (κ1) is 20.3. The second-order valence-corrected chi connectivity index (χ2v) is 4.56. The van der Waals surface area contributed by atoms with Gasteiger partial charge in [-0.25, -0.2) is 9.59 Å². The van der Waals surface area contributed by atoms with E-state index in [0.717, 1.165) is 12.8 Å². The Bertz CT molecular complexity index is 339. The molecule has 2 N–H and O–H groups in total. The van der Waals surface area contributed by atoms with E-state index in [4.69, 9.17) is 9.47 Å². The summed E-state index contributed by atoms with van der Waals surface area (Å²) in [5.41, 5.74) is 0. The van der Waals surface area contributed by atoms with E-state index in [1.807, 2.05) is 38.2 Å². The van der Waals surface area contributed by atoms with Crippen molar-refractivity contribution in [2.24, 2.45) is 0 Å². The monoisotopic (exact) mass is 314 g/mol. The average molecular weight is 314 g/mol. The van der Waals surface area contributed by atoms with Gasteiger partial charge in [0.25, 0.3) is 0 Å². The van der Waals surface area contributed by atoms with Gasteiger partial charge in [0, 0.05) is 0 Å². The van der Waals surface area contributed by atoms with Crippen molar-refractivity contribution in [3.63, 3.8) is 0 Å². The van der Waals surface area contributed by atoms with Crippen LogP contribution in [0.3, 0.4) is 0 Å². The molecule has 0 bridgehead atoms. The van der Waals surface area contributed by atoms with Crippen LogP contribution < -0.4 is 0 Å². The van der Waals surface area contributed by atoms with Gasteiger partial charge < -0.3 is 19.7 Å². The molecule has 22 heavy (non-hydrogen) atoms. The molecule has 0 aliphatic rings. The average Bonchev–Trinajstić information content (AvgIpc) is 2.52. The normalized spacial score (nSPS) is 14.2. The third kappa shape index (κ3) is 9.31. The summed E-state index contributed by atoms with van der Waals surface area (Å²) in [5, 5.41) is 19.1. The van der Waals surface area contributed by atoms with E-state index in [9.17, 15) is 19.8 Å². The predicted molar refractivity (Wildman–Crippen MR) is 82.0 cm³/mol. The van der Waals surface area contributed by atoms with E-state index in [1.54, 1.807) is 0 Å². The minimum Gasteiger partial charge on any atom is -0.463 e. The van der Waals surface area contributed by atoms with Crippen LogP contribution in [0, 0.1) is 0 Å². The maximum Gasteiger partial charge on any atom is 0.338 e. The van der Waals surface area contributed by atoms with E-state index < -0.39 is 24.1 Å². The Hall–Kier alpha value is -1.66. The number of esters is 2. The number of allylic oxidation sites excluding steroid dienone is 2. The lowest BCUT2D eigenvalue weighted by atomic mass is 10.2. The number of rotatable bonds is 11. The molecule has 6 heteroatoms. The zero-order valence-corrected chi connectivity index (χ0v) is 13.2. The molecular formula is C16H26O6. The van der Waals surface area contributed by atoms with Crippen LogP contribution in [0.15, 0.2) is 24.3 Å². The fraction of sp³-hybridized carbons (Fsp3) is 0.625. The minimum absolute atomic E-state index is 0.0793. The second-order valence-electron chi connectivity index (χ2n) is 4.56. The first-order chi connectivity index (χ1) is 10.5. The summed E-state index contributed by atoms with van der Waals surface area (Å²) < 4.78 is 9.52. The Balaban J connectivity index is 4.03. The fourth-order valence-electron chi connectivity index (χ4n) is 1.45. The van der Waals surface area contributed by atoms with Crippen LogP contribution in [0.5, 0.6) is 0 Å². The van der Waals surface area contributed by atoms with Gasteiger partial charge in [0.2, 0.25) is 0 Å². The van der Waals surface area contributed by atoms with E-state index in [-0.39, 0.29) is 13.2 Å². The molecule has 0 radical (unpaired) electrons. The van der Waals surface area contributed by atoms with Crippen molar-refractivity contribution < 1.29 is 29.3 Å². The Morgan fingerprint density at radius 1 is 0.818 bits per heavy atom. The molecule has 126 valence electrons. The highest BCUT2D eigenvalue weighted by molar-refractivity contribution is 5.85. The van der Waals surface area contributed by atoms with E-state index in [2.05, 4.69) is 0 Å². The molecule has 2 atom stereocenters. The topological polar surface area (TPSA) is 93.1 Å². The first-order valence-electron chi connectivity index (χ1n) is 7.53. The van der Waals surface area contributed by atoms with Gasteiger partial charge in [-0.1, -0.05) is 38.2 Å². The summed E-state index contributed by atoms with van der Waals surface area (Å²) >= 11 is 0. The van der Waals surface area contributed by atoms with E-state index >= 15 is 0 Å². The molecule has 0 spiro atoms. The van der Waals surface area contributed by atoms with Gasteiger partial charge in [-0.2, -0.15) is 0 Å². The number of ether oxygens (including phenoxy) is 2. The Morgan fingerprint density at radius 3 is 1.50 bits per heavy atom.